The largest absolute Gasteiger partial charge is 0.503 e. The number of hydrogen-bond donors (Lipinski definition) is 1. The third-order valence-electron chi connectivity index (χ3n) is 5.22. The Morgan fingerprint density at radius 2 is 1.90 bits per heavy atom. The molecule has 6 heteroatoms. The van der Waals surface area contributed by atoms with Crippen LogP contribution in [0, 0.1) is 0 Å². The smallest absolute Gasteiger partial charge is 0.290 e. The molecule has 0 fully saturated rings. The summed E-state index contributed by atoms with van der Waals surface area (Å²) in [7, 11) is 3.96. The molecule has 0 aliphatic carbocycles. The second-order valence-corrected chi connectivity index (χ2v) is 8.90. The van der Waals surface area contributed by atoms with Gasteiger partial charge in [-0.05, 0) is 55.6 Å². The van der Waals surface area contributed by atoms with E-state index in [-0.39, 0.29) is 11.4 Å². The quantitative estimate of drug-likeness (QED) is 0.653. The molecule has 2 heterocycles. The maximum atomic E-state index is 13.2. The zero-order valence-electron chi connectivity index (χ0n) is 17.4. The highest BCUT2D eigenvalue weighted by atomic mass is 32.1. The highest BCUT2D eigenvalue weighted by Gasteiger charge is 2.43. The Labute approximate surface area is 176 Å². The van der Waals surface area contributed by atoms with Crippen LogP contribution >= 0.6 is 11.3 Å². The van der Waals surface area contributed by atoms with Crippen LogP contribution in [-0.2, 0) is 4.79 Å². The summed E-state index contributed by atoms with van der Waals surface area (Å²) in [5.41, 5.74) is 2.22. The van der Waals surface area contributed by atoms with Gasteiger partial charge in [0.2, 0.25) is 5.78 Å². The summed E-state index contributed by atoms with van der Waals surface area (Å²) in [5.74, 6) is -0.784. The van der Waals surface area contributed by atoms with E-state index >= 15 is 0 Å². The summed E-state index contributed by atoms with van der Waals surface area (Å²) < 4.78 is 0. The minimum absolute atomic E-state index is 0.180. The monoisotopic (exact) mass is 412 g/mol. The molecule has 154 valence electrons. The number of aliphatic hydroxyl groups excluding tert-OH is 1. The number of thiophene rings is 1. The van der Waals surface area contributed by atoms with Gasteiger partial charge in [0.25, 0.3) is 5.91 Å². The molecule has 0 bridgehead atoms. The molecule has 1 unspecified atom stereocenters. The summed E-state index contributed by atoms with van der Waals surface area (Å²) in [6.45, 7) is 5.54. The van der Waals surface area contributed by atoms with Gasteiger partial charge in [-0.3, -0.25) is 9.59 Å². The first kappa shape index (κ1) is 21.3. The molecular weight excluding hydrogens is 384 g/mol. The number of nitrogens with zero attached hydrogens (tertiary/aromatic N) is 2. The van der Waals surface area contributed by atoms with Gasteiger partial charge in [0, 0.05) is 6.54 Å². The zero-order chi connectivity index (χ0) is 21.1. The molecule has 1 aliphatic heterocycles. The van der Waals surface area contributed by atoms with E-state index < -0.39 is 17.7 Å². The Hall–Kier alpha value is -2.44. The van der Waals surface area contributed by atoms with Gasteiger partial charge in [-0.2, -0.15) is 0 Å². The molecule has 1 amide bonds. The molecule has 0 spiro atoms. The van der Waals surface area contributed by atoms with Crippen molar-refractivity contribution in [1.29, 1.82) is 0 Å². The van der Waals surface area contributed by atoms with Crippen LogP contribution in [0.3, 0.4) is 0 Å². The number of rotatable bonds is 8. The number of aliphatic hydroxyl groups is 1. The van der Waals surface area contributed by atoms with Crippen molar-refractivity contribution in [1.82, 2.24) is 9.80 Å². The number of carbonyl (C=O) groups excluding carboxylic acids is 2. The lowest BCUT2D eigenvalue weighted by Crippen LogP contribution is -2.33. The maximum absolute atomic E-state index is 13.2. The topological polar surface area (TPSA) is 60.9 Å². The number of hydrogen-bond acceptors (Lipinski definition) is 5. The molecule has 29 heavy (non-hydrogen) atoms. The zero-order valence-corrected chi connectivity index (χ0v) is 18.2. The van der Waals surface area contributed by atoms with Crippen LogP contribution in [0.15, 0.2) is 53.1 Å². The molecule has 2 aromatic rings. The standard InChI is InChI=1S/C23H28N2O3S/c1-15(2)16-8-10-17(11-9-16)20-19(21(26)18-7-5-14-29-18)22(27)23(28)25(20)13-6-12-24(3)4/h5,7-11,14-15,20,27H,6,12-13H2,1-4H3. The molecule has 1 atom stereocenters. The maximum Gasteiger partial charge on any atom is 0.290 e. The molecule has 5 nitrogen and oxygen atoms in total. The molecule has 1 aliphatic rings. The van der Waals surface area contributed by atoms with Gasteiger partial charge in [0.15, 0.2) is 5.76 Å². The molecule has 0 radical (unpaired) electrons. The van der Waals surface area contributed by atoms with Gasteiger partial charge in [0.1, 0.15) is 0 Å². The van der Waals surface area contributed by atoms with E-state index in [2.05, 4.69) is 18.7 Å². The fourth-order valence-corrected chi connectivity index (χ4v) is 4.30. The van der Waals surface area contributed by atoms with Crippen molar-refractivity contribution in [2.24, 2.45) is 0 Å². The Morgan fingerprint density at radius 3 is 2.45 bits per heavy atom. The van der Waals surface area contributed by atoms with Crippen LogP contribution in [-0.4, -0.2) is 53.8 Å². The fourth-order valence-electron chi connectivity index (χ4n) is 3.62. The average Bonchev–Trinajstić information content (AvgIpc) is 3.30. The SMILES string of the molecule is CC(C)c1ccc(C2C(C(=O)c3cccs3)=C(O)C(=O)N2CCCN(C)C)cc1. The number of carbonyl (C=O) groups is 2. The lowest BCUT2D eigenvalue weighted by Gasteiger charge is -2.27. The minimum atomic E-state index is -0.569. The second-order valence-electron chi connectivity index (χ2n) is 7.95. The van der Waals surface area contributed by atoms with Crippen molar-refractivity contribution in [2.45, 2.75) is 32.2 Å². The third kappa shape index (κ3) is 4.43. The lowest BCUT2D eigenvalue weighted by molar-refractivity contribution is -0.129. The molecule has 0 saturated heterocycles. The number of Topliss-reactive ketones (excluding diaryl/α,β-unsaturated/α-hetero) is 1. The van der Waals surface area contributed by atoms with E-state index in [1.54, 1.807) is 17.0 Å². The lowest BCUT2D eigenvalue weighted by atomic mass is 9.93. The highest BCUT2D eigenvalue weighted by Crippen LogP contribution is 2.39. The molecule has 1 N–H and O–H groups in total. The molecule has 3 rings (SSSR count). The first-order chi connectivity index (χ1) is 13.8. The third-order valence-corrected chi connectivity index (χ3v) is 6.09. The first-order valence-corrected chi connectivity index (χ1v) is 10.8. The molecule has 1 aromatic heterocycles. The van der Waals surface area contributed by atoms with Gasteiger partial charge in [-0.1, -0.05) is 44.2 Å². The highest BCUT2D eigenvalue weighted by molar-refractivity contribution is 7.12. The fraction of sp³-hybridized carbons (Fsp3) is 0.391. The summed E-state index contributed by atoms with van der Waals surface area (Å²) in [6, 6.07) is 11.0. The average molecular weight is 413 g/mol. The van der Waals surface area contributed by atoms with E-state index in [4.69, 9.17) is 0 Å². The van der Waals surface area contributed by atoms with Gasteiger partial charge in [0.05, 0.1) is 16.5 Å². The van der Waals surface area contributed by atoms with Crippen LogP contribution in [0.4, 0.5) is 0 Å². The molecule has 0 saturated carbocycles. The number of amides is 1. The normalized spacial score (nSPS) is 17.1. The number of benzene rings is 1. The summed E-state index contributed by atoms with van der Waals surface area (Å²) >= 11 is 1.32. The van der Waals surface area contributed by atoms with Gasteiger partial charge < -0.3 is 14.9 Å². The van der Waals surface area contributed by atoms with E-state index in [1.807, 2.05) is 43.7 Å². The number of ketones is 1. The van der Waals surface area contributed by atoms with E-state index in [9.17, 15) is 14.7 Å². The van der Waals surface area contributed by atoms with Gasteiger partial charge >= 0.3 is 0 Å². The second kappa shape index (κ2) is 8.93. The van der Waals surface area contributed by atoms with Gasteiger partial charge in [-0.25, -0.2) is 0 Å². The van der Waals surface area contributed by atoms with Crippen LogP contribution in [0.5, 0.6) is 0 Å². The Bertz CT molecular complexity index is 899. The van der Waals surface area contributed by atoms with Crippen molar-refractivity contribution >= 4 is 23.0 Å². The summed E-state index contributed by atoms with van der Waals surface area (Å²) in [6.07, 6.45) is 0.757. The van der Waals surface area contributed by atoms with Crippen LogP contribution in [0.25, 0.3) is 0 Å². The van der Waals surface area contributed by atoms with Crippen molar-refractivity contribution < 1.29 is 14.7 Å². The van der Waals surface area contributed by atoms with Crippen molar-refractivity contribution in [3.05, 3.63) is 69.1 Å². The van der Waals surface area contributed by atoms with Crippen LogP contribution < -0.4 is 0 Å². The van der Waals surface area contributed by atoms with E-state index in [0.29, 0.717) is 17.3 Å². The van der Waals surface area contributed by atoms with Crippen molar-refractivity contribution in [2.75, 3.05) is 27.2 Å². The summed E-state index contributed by atoms with van der Waals surface area (Å²) in [5, 5.41) is 12.5. The van der Waals surface area contributed by atoms with E-state index in [1.165, 1.54) is 16.9 Å². The first-order valence-electron chi connectivity index (χ1n) is 9.88. The Kier molecular flexibility index (Phi) is 6.55. The Morgan fingerprint density at radius 1 is 1.21 bits per heavy atom. The van der Waals surface area contributed by atoms with Crippen LogP contribution in [0.2, 0.25) is 0 Å². The van der Waals surface area contributed by atoms with Gasteiger partial charge in [-0.15, -0.1) is 11.3 Å². The molecular formula is C23H28N2O3S. The minimum Gasteiger partial charge on any atom is -0.503 e. The van der Waals surface area contributed by atoms with Crippen molar-refractivity contribution in [3.63, 3.8) is 0 Å². The predicted molar refractivity (Wildman–Crippen MR) is 116 cm³/mol. The predicted octanol–water partition coefficient (Wildman–Crippen LogP) is 4.40. The Balaban J connectivity index is 1.99. The summed E-state index contributed by atoms with van der Waals surface area (Å²) in [4.78, 5) is 30.2. The molecule has 1 aromatic carbocycles. The van der Waals surface area contributed by atoms with E-state index in [0.717, 1.165) is 18.5 Å². The van der Waals surface area contributed by atoms with Crippen molar-refractivity contribution in [3.8, 4) is 0 Å². The van der Waals surface area contributed by atoms with Crippen LogP contribution in [0.1, 0.15) is 53.0 Å².